The number of phenolic OH excluding ortho intramolecular Hbond substituents is 1. The Bertz CT molecular complexity index is 894. The van der Waals surface area contributed by atoms with Crippen LogP contribution < -0.4 is 5.32 Å². The summed E-state index contributed by atoms with van der Waals surface area (Å²) in [6.45, 7) is 3.96. The van der Waals surface area contributed by atoms with E-state index >= 15 is 0 Å². The molecule has 2 aromatic heterocycles. The van der Waals surface area contributed by atoms with Gasteiger partial charge in [-0.3, -0.25) is 0 Å². The lowest BCUT2D eigenvalue weighted by Gasteiger charge is -2.13. The van der Waals surface area contributed by atoms with E-state index in [2.05, 4.69) is 32.4 Å². The minimum atomic E-state index is 0.242. The van der Waals surface area contributed by atoms with Gasteiger partial charge >= 0.3 is 0 Å². The number of aromatic hydroxyl groups is 1. The number of benzene rings is 1. The number of rotatable bonds is 3. The quantitative estimate of drug-likeness (QED) is 0.763. The highest BCUT2D eigenvalue weighted by Gasteiger charge is 2.21. The maximum absolute atomic E-state index is 10.5. The number of thiophene rings is 1. The van der Waals surface area contributed by atoms with Crippen molar-refractivity contribution in [3.63, 3.8) is 0 Å². The predicted molar refractivity (Wildman–Crippen MR) is 96.6 cm³/mol. The van der Waals surface area contributed by atoms with Crippen LogP contribution in [0.5, 0.6) is 5.75 Å². The molecule has 0 radical (unpaired) electrons. The summed E-state index contributed by atoms with van der Waals surface area (Å²) >= 11 is 1.60. The van der Waals surface area contributed by atoms with Crippen LogP contribution in [-0.4, -0.2) is 51.4 Å². The number of hydrogen-bond donors (Lipinski definition) is 2. The molecule has 0 unspecified atom stereocenters. The first kappa shape index (κ1) is 15.3. The third-order valence-corrected chi connectivity index (χ3v) is 5.33. The van der Waals surface area contributed by atoms with Crippen molar-refractivity contribution >= 4 is 27.4 Å². The van der Waals surface area contributed by atoms with E-state index in [4.69, 9.17) is 0 Å². The van der Waals surface area contributed by atoms with Crippen LogP contribution in [-0.2, 0) is 0 Å². The fourth-order valence-electron chi connectivity index (χ4n) is 3.17. The molecule has 1 fully saturated rings. The van der Waals surface area contributed by atoms with Crippen LogP contribution in [0.2, 0.25) is 0 Å². The van der Waals surface area contributed by atoms with E-state index in [1.165, 1.54) is 0 Å². The first-order valence-corrected chi connectivity index (χ1v) is 8.86. The molecule has 0 aliphatic carbocycles. The van der Waals surface area contributed by atoms with E-state index < -0.39 is 0 Å². The minimum absolute atomic E-state index is 0.242. The van der Waals surface area contributed by atoms with Crippen LogP contribution in [0.4, 0.5) is 5.95 Å². The smallest absolute Gasteiger partial charge is 0.243 e. The van der Waals surface area contributed by atoms with E-state index in [-0.39, 0.29) is 5.75 Å². The second kappa shape index (κ2) is 5.99. The van der Waals surface area contributed by atoms with Gasteiger partial charge < -0.3 is 15.3 Å². The Hall–Kier alpha value is -2.25. The van der Waals surface area contributed by atoms with Gasteiger partial charge in [0, 0.05) is 28.2 Å². The van der Waals surface area contributed by atoms with Crippen molar-refractivity contribution in [2.24, 2.45) is 0 Å². The lowest BCUT2D eigenvalue weighted by molar-refractivity contribution is 0.414. The molecule has 0 spiro atoms. The number of anilines is 1. The summed E-state index contributed by atoms with van der Waals surface area (Å²) in [6.07, 6.45) is 1.08. The number of likely N-dealkylation sites (tertiary alicyclic amines) is 1. The number of nitrogens with zero attached hydrogens (tertiary/aromatic N) is 4. The third-order valence-electron chi connectivity index (χ3n) is 4.45. The van der Waals surface area contributed by atoms with E-state index in [1.54, 1.807) is 11.3 Å². The SMILES string of the molecule is Cc1nc(N[C@@H]2CCN(C)C2)nnc1-c1ccc2sccc2c1O. The van der Waals surface area contributed by atoms with Gasteiger partial charge in [-0.05, 0) is 50.5 Å². The number of phenols is 1. The number of aromatic nitrogens is 3. The first-order chi connectivity index (χ1) is 11.6. The van der Waals surface area contributed by atoms with Crippen LogP contribution in [0.25, 0.3) is 21.3 Å². The lowest BCUT2D eigenvalue weighted by atomic mass is 10.1. The zero-order valence-corrected chi connectivity index (χ0v) is 14.5. The van der Waals surface area contributed by atoms with Gasteiger partial charge in [0.1, 0.15) is 11.4 Å². The van der Waals surface area contributed by atoms with Crippen molar-refractivity contribution in [3.8, 4) is 17.0 Å². The maximum Gasteiger partial charge on any atom is 0.243 e. The first-order valence-electron chi connectivity index (χ1n) is 7.98. The number of fused-ring (bicyclic) bond motifs is 1. The molecule has 2 N–H and O–H groups in total. The predicted octanol–water partition coefficient (Wildman–Crippen LogP) is 2.88. The molecule has 24 heavy (non-hydrogen) atoms. The minimum Gasteiger partial charge on any atom is -0.507 e. The molecule has 1 aliphatic heterocycles. The zero-order chi connectivity index (χ0) is 16.7. The van der Waals surface area contributed by atoms with Gasteiger partial charge in [-0.15, -0.1) is 21.5 Å². The fourth-order valence-corrected chi connectivity index (χ4v) is 3.96. The van der Waals surface area contributed by atoms with Gasteiger partial charge in [0.05, 0.1) is 5.69 Å². The summed E-state index contributed by atoms with van der Waals surface area (Å²) in [5.74, 6) is 0.790. The van der Waals surface area contributed by atoms with Gasteiger partial charge in [-0.25, -0.2) is 4.98 Å². The van der Waals surface area contributed by atoms with Crippen molar-refractivity contribution in [1.82, 2.24) is 20.1 Å². The molecular formula is C17H19N5OS. The highest BCUT2D eigenvalue weighted by atomic mass is 32.1. The Kier molecular flexibility index (Phi) is 3.82. The van der Waals surface area contributed by atoms with Crippen LogP contribution in [0.15, 0.2) is 23.6 Å². The van der Waals surface area contributed by atoms with Crippen LogP contribution in [0, 0.1) is 6.92 Å². The molecule has 1 atom stereocenters. The molecule has 1 aliphatic rings. The molecule has 7 heteroatoms. The Morgan fingerprint density at radius 2 is 2.17 bits per heavy atom. The van der Waals surface area contributed by atoms with E-state index in [0.29, 0.717) is 23.2 Å². The summed E-state index contributed by atoms with van der Waals surface area (Å²) < 4.78 is 1.05. The summed E-state index contributed by atoms with van der Waals surface area (Å²) in [7, 11) is 2.11. The average Bonchev–Trinajstić information content (AvgIpc) is 3.18. The lowest BCUT2D eigenvalue weighted by Crippen LogP contribution is -2.25. The highest BCUT2D eigenvalue weighted by Crippen LogP contribution is 2.37. The van der Waals surface area contributed by atoms with Crippen molar-refractivity contribution < 1.29 is 5.11 Å². The van der Waals surface area contributed by atoms with Gasteiger partial charge in [-0.1, -0.05) is 0 Å². The van der Waals surface area contributed by atoms with Crippen LogP contribution >= 0.6 is 11.3 Å². The van der Waals surface area contributed by atoms with Crippen LogP contribution in [0.3, 0.4) is 0 Å². The van der Waals surface area contributed by atoms with E-state index in [9.17, 15) is 5.11 Å². The number of hydrogen-bond acceptors (Lipinski definition) is 7. The summed E-state index contributed by atoms with van der Waals surface area (Å²) in [5, 5.41) is 25.2. The third kappa shape index (κ3) is 2.70. The normalized spacial score (nSPS) is 18.3. The molecule has 0 bridgehead atoms. The maximum atomic E-state index is 10.5. The van der Waals surface area contributed by atoms with Crippen molar-refractivity contribution in [3.05, 3.63) is 29.3 Å². The highest BCUT2D eigenvalue weighted by molar-refractivity contribution is 7.17. The summed E-state index contributed by atoms with van der Waals surface area (Å²) in [4.78, 5) is 6.81. The molecule has 6 nitrogen and oxygen atoms in total. The monoisotopic (exact) mass is 341 g/mol. The Morgan fingerprint density at radius 3 is 2.92 bits per heavy atom. The molecule has 124 valence electrons. The van der Waals surface area contributed by atoms with E-state index in [1.807, 2.05) is 30.5 Å². The molecule has 3 heterocycles. The Balaban J connectivity index is 1.64. The second-order valence-electron chi connectivity index (χ2n) is 6.26. The molecule has 4 rings (SSSR count). The average molecular weight is 341 g/mol. The number of aryl methyl sites for hydroxylation is 1. The molecular weight excluding hydrogens is 322 g/mol. The van der Waals surface area contributed by atoms with Crippen molar-refractivity contribution in [2.75, 3.05) is 25.5 Å². The largest absolute Gasteiger partial charge is 0.507 e. The standard InChI is InChI=1S/C17H19N5OS/c1-10-15(13-3-4-14-12(16(13)23)6-8-24-14)20-21-17(18-10)19-11-5-7-22(2)9-11/h3-4,6,8,11,23H,5,7,9H2,1-2H3,(H,18,19,21)/t11-/m1/s1. The number of nitrogens with one attached hydrogen (secondary N) is 1. The molecule has 1 aromatic carbocycles. The molecule has 1 saturated heterocycles. The fraction of sp³-hybridized carbons (Fsp3) is 0.353. The van der Waals surface area contributed by atoms with Gasteiger partial charge in [-0.2, -0.15) is 0 Å². The molecule has 0 amide bonds. The van der Waals surface area contributed by atoms with Crippen LogP contribution in [0.1, 0.15) is 12.1 Å². The van der Waals surface area contributed by atoms with E-state index in [0.717, 1.165) is 35.3 Å². The Morgan fingerprint density at radius 1 is 1.29 bits per heavy atom. The van der Waals surface area contributed by atoms with Gasteiger partial charge in [0.15, 0.2) is 0 Å². The van der Waals surface area contributed by atoms with Gasteiger partial charge in [0.25, 0.3) is 0 Å². The van der Waals surface area contributed by atoms with Crippen molar-refractivity contribution in [1.29, 1.82) is 0 Å². The van der Waals surface area contributed by atoms with Gasteiger partial charge in [0.2, 0.25) is 5.95 Å². The Labute approximate surface area is 144 Å². The second-order valence-corrected chi connectivity index (χ2v) is 7.20. The topological polar surface area (TPSA) is 74.2 Å². The number of likely N-dealkylation sites (N-methyl/N-ethyl adjacent to an activating group) is 1. The molecule has 0 saturated carbocycles. The summed E-state index contributed by atoms with van der Waals surface area (Å²) in [6, 6.07) is 6.15. The zero-order valence-electron chi connectivity index (χ0n) is 13.7. The van der Waals surface area contributed by atoms with Crippen molar-refractivity contribution in [2.45, 2.75) is 19.4 Å². The summed E-state index contributed by atoms with van der Waals surface area (Å²) in [5.41, 5.74) is 2.05. The molecule has 3 aromatic rings.